The van der Waals surface area contributed by atoms with Crippen LogP contribution in [0.3, 0.4) is 0 Å². The number of nitrogens with one attached hydrogen (secondary N) is 4. The van der Waals surface area contributed by atoms with Crippen molar-refractivity contribution in [2.45, 2.75) is 0 Å². The van der Waals surface area contributed by atoms with Gasteiger partial charge in [-0.3, -0.25) is 40.4 Å². The molecule has 12 heteroatoms. The Kier molecular flexibility index (Phi) is 6.94. The molecule has 0 radical (unpaired) electrons. The predicted octanol–water partition coefficient (Wildman–Crippen LogP) is 0.930. The van der Waals surface area contributed by atoms with Crippen molar-refractivity contribution in [3.05, 3.63) is 70.8 Å². The maximum absolute atomic E-state index is 12.1. The Hall–Kier alpha value is -4.42. The van der Waals surface area contributed by atoms with Crippen LogP contribution in [0, 0.1) is 0 Å². The van der Waals surface area contributed by atoms with Crippen molar-refractivity contribution >= 4 is 70.4 Å². The van der Waals surface area contributed by atoms with E-state index in [0.29, 0.717) is 22.6 Å². The second-order valence-electron chi connectivity index (χ2n) is 7.07. The zero-order chi connectivity index (χ0) is 24.9. The quantitative estimate of drug-likeness (QED) is 0.196. The highest BCUT2D eigenvalue weighted by Gasteiger charge is 2.27. The van der Waals surface area contributed by atoms with Crippen molar-refractivity contribution in [3.63, 3.8) is 0 Å². The molecule has 2 aromatic rings. The van der Waals surface area contributed by atoms with Crippen LogP contribution in [0.2, 0.25) is 0 Å². The Morgan fingerprint density at radius 1 is 0.600 bits per heavy atom. The number of thiocarbonyl (C=S) groups is 2. The fourth-order valence-electron chi connectivity index (χ4n) is 3.14. The standard InChI is InChI=1S/C23H16N4O6S2/c28-18-14(19(29)25-22(34)24-18)9-12-5-1-3-7-16(12)32-11-33-17-8-4-2-6-13(17)10-15-20(30)26-23(35)27-21(15)31/h1-10H,11H2,(H2,24,25,28,29,34)(H2,26,27,30,31,35). The number of ether oxygens (including phenoxy) is 2. The van der Waals surface area contributed by atoms with E-state index >= 15 is 0 Å². The Morgan fingerprint density at radius 2 is 0.943 bits per heavy atom. The van der Waals surface area contributed by atoms with Gasteiger partial charge in [0.25, 0.3) is 23.6 Å². The molecule has 4 rings (SSSR count). The monoisotopic (exact) mass is 508 g/mol. The van der Waals surface area contributed by atoms with E-state index in [-0.39, 0.29) is 28.2 Å². The molecule has 2 fully saturated rings. The van der Waals surface area contributed by atoms with Crippen LogP contribution < -0.4 is 30.7 Å². The molecule has 35 heavy (non-hydrogen) atoms. The fourth-order valence-corrected chi connectivity index (χ4v) is 3.51. The highest BCUT2D eigenvalue weighted by molar-refractivity contribution is 7.80. The maximum Gasteiger partial charge on any atom is 0.263 e. The van der Waals surface area contributed by atoms with Crippen molar-refractivity contribution in [1.82, 2.24) is 21.3 Å². The molecule has 0 atom stereocenters. The van der Waals surface area contributed by atoms with Crippen molar-refractivity contribution < 1.29 is 28.7 Å². The van der Waals surface area contributed by atoms with Gasteiger partial charge in [-0.2, -0.15) is 0 Å². The number of carbonyl (C=O) groups excluding carboxylic acids is 4. The summed E-state index contributed by atoms with van der Waals surface area (Å²) in [4.78, 5) is 48.5. The van der Waals surface area contributed by atoms with Gasteiger partial charge in [0.1, 0.15) is 22.6 Å². The molecule has 4 N–H and O–H groups in total. The Labute approximate surface area is 209 Å². The van der Waals surface area contributed by atoms with E-state index in [1.165, 1.54) is 12.2 Å². The summed E-state index contributed by atoms with van der Waals surface area (Å²) in [5.41, 5.74) is 0.671. The molecule has 2 aliphatic rings. The van der Waals surface area contributed by atoms with Crippen molar-refractivity contribution in [2.24, 2.45) is 0 Å². The minimum atomic E-state index is -0.622. The Morgan fingerprint density at radius 3 is 1.31 bits per heavy atom. The van der Waals surface area contributed by atoms with Crippen LogP contribution >= 0.6 is 24.4 Å². The molecule has 10 nitrogen and oxygen atoms in total. The lowest BCUT2D eigenvalue weighted by molar-refractivity contribution is -0.124. The van der Waals surface area contributed by atoms with Gasteiger partial charge < -0.3 is 9.47 Å². The summed E-state index contributed by atoms with van der Waals surface area (Å²) in [5, 5.41) is 9.36. The van der Waals surface area contributed by atoms with Crippen molar-refractivity contribution in [3.8, 4) is 11.5 Å². The predicted molar refractivity (Wildman–Crippen MR) is 133 cm³/mol. The van der Waals surface area contributed by atoms with Crippen LogP contribution in [0.4, 0.5) is 0 Å². The van der Waals surface area contributed by atoms with E-state index in [1.807, 2.05) is 0 Å². The summed E-state index contributed by atoms with van der Waals surface area (Å²) >= 11 is 9.60. The first-order valence-electron chi connectivity index (χ1n) is 10.0. The minimum absolute atomic E-state index is 0.0605. The second-order valence-corrected chi connectivity index (χ2v) is 7.89. The van der Waals surface area contributed by atoms with Crippen molar-refractivity contribution in [1.29, 1.82) is 0 Å². The van der Waals surface area contributed by atoms with Crippen LogP contribution in [0.5, 0.6) is 11.5 Å². The average Bonchev–Trinajstić information content (AvgIpc) is 2.80. The first-order chi connectivity index (χ1) is 16.8. The van der Waals surface area contributed by atoms with Gasteiger partial charge in [-0.15, -0.1) is 0 Å². The number of benzene rings is 2. The number of hydrogen-bond donors (Lipinski definition) is 4. The number of amides is 4. The van der Waals surface area contributed by atoms with Crippen molar-refractivity contribution in [2.75, 3.05) is 6.79 Å². The van der Waals surface area contributed by atoms with E-state index in [0.717, 1.165) is 0 Å². The van der Waals surface area contributed by atoms with Gasteiger partial charge in [-0.1, -0.05) is 36.4 Å². The number of hydrogen-bond acceptors (Lipinski definition) is 8. The molecule has 0 unspecified atom stereocenters. The molecule has 0 saturated carbocycles. The third-order valence-corrected chi connectivity index (χ3v) is 5.16. The molecule has 0 bridgehead atoms. The van der Waals surface area contributed by atoms with Gasteiger partial charge in [0.15, 0.2) is 10.2 Å². The zero-order valence-electron chi connectivity index (χ0n) is 17.7. The van der Waals surface area contributed by atoms with Crippen LogP contribution in [-0.4, -0.2) is 40.6 Å². The Balaban J connectivity index is 1.50. The summed E-state index contributed by atoms with van der Waals surface area (Å²) in [6, 6.07) is 13.5. The molecule has 4 amide bonds. The smallest absolute Gasteiger partial charge is 0.263 e. The summed E-state index contributed by atoms with van der Waals surface area (Å²) in [7, 11) is 0. The van der Waals surface area contributed by atoms with E-state index in [9.17, 15) is 19.2 Å². The normalized spacial score (nSPS) is 15.5. The van der Waals surface area contributed by atoms with Crippen LogP contribution in [0.25, 0.3) is 12.2 Å². The highest BCUT2D eigenvalue weighted by Crippen LogP contribution is 2.24. The SMILES string of the molecule is O=C1NC(=S)NC(=O)C1=Cc1ccccc1OCOc1ccccc1C=C1C(=O)NC(=S)NC1=O. The van der Waals surface area contributed by atoms with Crippen LogP contribution in [0.15, 0.2) is 59.7 Å². The lowest BCUT2D eigenvalue weighted by atomic mass is 10.1. The van der Waals surface area contributed by atoms with E-state index < -0.39 is 23.6 Å². The molecule has 0 aromatic heterocycles. The molecular weight excluding hydrogens is 492 g/mol. The molecule has 2 aromatic carbocycles. The summed E-state index contributed by atoms with van der Waals surface area (Å²) in [6.45, 7) is -0.245. The van der Waals surface area contributed by atoms with E-state index in [4.69, 9.17) is 33.9 Å². The average molecular weight is 509 g/mol. The largest absolute Gasteiger partial charge is 0.457 e. The highest BCUT2D eigenvalue weighted by atomic mass is 32.1. The van der Waals surface area contributed by atoms with Crippen LogP contribution in [-0.2, 0) is 19.2 Å². The second kappa shape index (κ2) is 10.2. The van der Waals surface area contributed by atoms with Gasteiger partial charge in [0.05, 0.1) is 0 Å². The first kappa shape index (κ1) is 23.7. The van der Waals surface area contributed by atoms with Gasteiger partial charge in [-0.25, -0.2) is 0 Å². The van der Waals surface area contributed by atoms with Gasteiger partial charge in [-0.05, 0) is 48.7 Å². The lowest BCUT2D eigenvalue weighted by Crippen LogP contribution is -2.51. The van der Waals surface area contributed by atoms with Gasteiger partial charge >= 0.3 is 0 Å². The third-order valence-electron chi connectivity index (χ3n) is 4.75. The summed E-state index contributed by atoms with van der Waals surface area (Å²) in [6.07, 6.45) is 2.76. The molecule has 0 spiro atoms. The zero-order valence-corrected chi connectivity index (χ0v) is 19.4. The molecular formula is C23H16N4O6S2. The van der Waals surface area contributed by atoms with E-state index in [1.54, 1.807) is 48.5 Å². The van der Waals surface area contributed by atoms with Crippen LogP contribution in [0.1, 0.15) is 11.1 Å². The minimum Gasteiger partial charge on any atom is -0.457 e. The third kappa shape index (κ3) is 5.57. The molecule has 0 aliphatic carbocycles. The fraction of sp³-hybridized carbons (Fsp3) is 0.0435. The number of rotatable bonds is 6. The molecule has 2 heterocycles. The molecule has 2 saturated heterocycles. The van der Waals surface area contributed by atoms with Gasteiger partial charge in [0, 0.05) is 11.1 Å². The number of para-hydroxylation sites is 2. The molecule has 176 valence electrons. The summed E-state index contributed by atoms with van der Waals surface area (Å²) in [5.74, 6) is -1.79. The van der Waals surface area contributed by atoms with Gasteiger partial charge in [0.2, 0.25) is 6.79 Å². The summed E-state index contributed by atoms with van der Waals surface area (Å²) < 4.78 is 11.4. The lowest BCUT2D eigenvalue weighted by Gasteiger charge is -2.17. The Bertz CT molecular complexity index is 1210. The molecule has 2 aliphatic heterocycles. The van der Waals surface area contributed by atoms with E-state index in [2.05, 4.69) is 21.3 Å². The topological polar surface area (TPSA) is 135 Å². The number of carbonyl (C=O) groups is 4. The first-order valence-corrected chi connectivity index (χ1v) is 10.8. The maximum atomic E-state index is 12.1.